The molecule has 0 unspecified atom stereocenters. The highest BCUT2D eigenvalue weighted by atomic mass is 16.5. The molecule has 19 heavy (non-hydrogen) atoms. The Labute approximate surface area is 112 Å². The van der Waals surface area contributed by atoms with Gasteiger partial charge in [0, 0.05) is 22.8 Å². The zero-order chi connectivity index (χ0) is 13.7. The Hall–Kier alpha value is -2.29. The van der Waals surface area contributed by atoms with Crippen LogP contribution in [0.1, 0.15) is 13.8 Å². The maximum atomic E-state index is 11.4. The van der Waals surface area contributed by atoms with Crippen LogP contribution in [0, 0.1) is 0 Å². The molecule has 0 amide bonds. The summed E-state index contributed by atoms with van der Waals surface area (Å²) in [4.78, 5) is 11.4. The first-order valence-corrected chi connectivity index (χ1v) is 6.30. The Morgan fingerprint density at radius 1 is 1.21 bits per heavy atom. The summed E-state index contributed by atoms with van der Waals surface area (Å²) < 4.78 is 4.88. The number of ether oxygens (including phenoxy) is 1. The van der Waals surface area contributed by atoms with E-state index in [0.29, 0.717) is 6.61 Å². The third kappa shape index (κ3) is 3.35. The fraction of sp³-hybridized carbons (Fsp3) is 0.188. The number of hydrogen-bond acceptors (Lipinski definition) is 3. The van der Waals surface area contributed by atoms with Crippen molar-refractivity contribution in [3.05, 3.63) is 54.2 Å². The molecule has 0 aliphatic carbocycles. The molecule has 2 aromatic rings. The molecule has 0 aromatic heterocycles. The molecule has 0 saturated carbocycles. The quantitative estimate of drug-likeness (QED) is 0.668. The van der Waals surface area contributed by atoms with Crippen LogP contribution < -0.4 is 5.32 Å². The van der Waals surface area contributed by atoms with Crippen molar-refractivity contribution < 1.29 is 9.53 Å². The zero-order valence-electron chi connectivity index (χ0n) is 11.1. The fourth-order valence-corrected chi connectivity index (χ4v) is 1.94. The average Bonchev–Trinajstić information content (AvgIpc) is 2.39. The van der Waals surface area contributed by atoms with Crippen LogP contribution in [0.3, 0.4) is 0 Å². The number of allylic oxidation sites excluding steroid dienone is 1. The highest BCUT2D eigenvalue weighted by Crippen LogP contribution is 2.23. The highest BCUT2D eigenvalue weighted by molar-refractivity contribution is 5.94. The second-order valence-electron chi connectivity index (χ2n) is 4.23. The van der Waals surface area contributed by atoms with E-state index in [9.17, 15) is 4.79 Å². The summed E-state index contributed by atoms with van der Waals surface area (Å²) >= 11 is 0. The normalized spacial score (nSPS) is 11.4. The van der Waals surface area contributed by atoms with Gasteiger partial charge in [-0.1, -0.05) is 36.4 Å². The van der Waals surface area contributed by atoms with Crippen LogP contribution in [-0.4, -0.2) is 12.6 Å². The number of carbonyl (C=O) groups excluding carboxylic acids is 1. The van der Waals surface area contributed by atoms with Gasteiger partial charge in [0.05, 0.1) is 6.61 Å². The molecule has 3 nitrogen and oxygen atoms in total. The summed E-state index contributed by atoms with van der Waals surface area (Å²) in [7, 11) is 0. The molecule has 0 spiro atoms. The van der Waals surface area contributed by atoms with E-state index >= 15 is 0 Å². The molecule has 0 atom stereocenters. The van der Waals surface area contributed by atoms with Crippen LogP contribution in [0.15, 0.2) is 54.2 Å². The van der Waals surface area contributed by atoms with E-state index in [0.717, 1.165) is 22.2 Å². The van der Waals surface area contributed by atoms with E-state index in [1.165, 1.54) is 6.08 Å². The summed E-state index contributed by atoms with van der Waals surface area (Å²) in [5, 5.41) is 5.52. The number of hydrogen-bond donors (Lipinski definition) is 1. The van der Waals surface area contributed by atoms with Gasteiger partial charge in [-0.15, -0.1) is 0 Å². The number of nitrogens with one attached hydrogen (secondary N) is 1. The first-order valence-electron chi connectivity index (χ1n) is 6.30. The molecule has 0 aliphatic rings. The van der Waals surface area contributed by atoms with Gasteiger partial charge in [-0.25, -0.2) is 4.79 Å². The minimum Gasteiger partial charge on any atom is -0.463 e. The third-order valence-corrected chi connectivity index (χ3v) is 2.74. The van der Waals surface area contributed by atoms with Crippen LogP contribution in [-0.2, 0) is 9.53 Å². The van der Waals surface area contributed by atoms with E-state index in [2.05, 4.69) is 23.5 Å². The Morgan fingerprint density at radius 2 is 1.95 bits per heavy atom. The van der Waals surface area contributed by atoms with E-state index < -0.39 is 0 Å². The maximum absolute atomic E-state index is 11.4. The molecule has 0 radical (unpaired) electrons. The molecule has 98 valence electrons. The summed E-state index contributed by atoms with van der Waals surface area (Å²) in [6, 6.07) is 14.2. The molecule has 2 aromatic carbocycles. The number of benzene rings is 2. The Balaban J connectivity index is 2.24. The number of anilines is 1. The molecule has 0 aliphatic heterocycles. The first kappa shape index (κ1) is 13.1. The van der Waals surface area contributed by atoms with E-state index in [1.807, 2.05) is 31.2 Å². The van der Waals surface area contributed by atoms with Crippen LogP contribution in [0.25, 0.3) is 10.8 Å². The largest absolute Gasteiger partial charge is 0.463 e. The Bertz CT molecular complexity index is 612. The fourth-order valence-electron chi connectivity index (χ4n) is 1.94. The van der Waals surface area contributed by atoms with Crippen molar-refractivity contribution in [3.8, 4) is 0 Å². The minimum absolute atomic E-state index is 0.326. The number of carbonyl (C=O) groups is 1. The summed E-state index contributed by atoms with van der Waals surface area (Å²) in [6.07, 6.45) is 1.46. The van der Waals surface area contributed by atoms with Gasteiger partial charge in [0.2, 0.25) is 0 Å². The maximum Gasteiger partial charge on any atom is 0.332 e. The van der Waals surface area contributed by atoms with Gasteiger partial charge in [-0.2, -0.15) is 0 Å². The molecule has 0 saturated heterocycles. The molecule has 2 rings (SSSR count). The monoisotopic (exact) mass is 255 g/mol. The molecular weight excluding hydrogens is 238 g/mol. The van der Waals surface area contributed by atoms with Gasteiger partial charge >= 0.3 is 5.97 Å². The van der Waals surface area contributed by atoms with Crippen LogP contribution in [0.4, 0.5) is 5.69 Å². The molecule has 0 fully saturated rings. The topological polar surface area (TPSA) is 38.3 Å². The number of esters is 1. The van der Waals surface area contributed by atoms with Crippen molar-refractivity contribution in [2.45, 2.75) is 13.8 Å². The summed E-state index contributed by atoms with van der Waals surface area (Å²) in [5.74, 6) is -0.326. The summed E-state index contributed by atoms with van der Waals surface area (Å²) in [5.41, 5.74) is 1.74. The smallest absolute Gasteiger partial charge is 0.332 e. The lowest BCUT2D eigenvalue weighted by Crippen LogP contribution is -2.04. The van der Waals surface area contributed by atoms with E-state index in [4.69, 9.17) is 4.74 Å². The van der Waals surface area contributed by atoms with Crippen molar-refractivity contribution in [1.29, 1.82) is 0 Å². The average molecular weight is 255 g/mol. The zero-order valence-corrected chi connectivity index (χ0v) is 11.1. The highest BCUT2D eigenvalue weighted by Gasteiger charge is 2.02. The lowest BCUT2D eigenvalue weighted by Gasteiger charge is -2.10. The number of rotatable bonds is 4. The Morgan fingerprint density at radius 3 is 2.74 bits per heavy atom. The van der Waals surface area contributed by atoms with Crippen LogP contribution in [0.5, 0.6) is 0 Å². The second-order valence-corrected chi connectivity index (χ2v) is 4.23. The van der Waals surface area contributed by atoms with Crippen molar-refractivity contribution in [1.82, 2.24) is 0 Å². The molecule has 1 N–H and O–H groups in total. The van der Waals surface area contributed by atoms with Crippen molar-refractivity contribution in [3.63, 3.8) is 0 Å². The SMILES string of the molecule is CCOC(=O)/C=C(/C)Nc1cccc2ccccc12. The molecule has 3 heteroatoms. The Kier molecular flexibility index (Phi) is 4.18. The number of fused-ring (bicyclic) bond motifs is 1. The molecule has 0 bridgehead atoms. The van der Waals surface area contributed by atoms with Crippen molar-refractivity contribution >= 4 is 22.4 Å². The standard InChI is InChI=1S/C16H17NO2/c1-3-19-16(18)11-12(2)17-15-10-6-8-13-7-4-5-9-14(13)15/h4-11,17H,3H2,1-2H3/b12-11-. The van der Waals surface area contributed by atoms with Gasteiger partial charge < -0.3 is 10.1 Å². The van der Waals surface area contributed by atoms with Gasteiger partial charge in [-0.05, 0) is 25.3 Å². The van der Waals surface area contributed by atoms with Gasteiger partial charge in [0.1, 0.15) is 0 Å². The molecule has 0 heterocycles. The first-order chi connectivity index (χ1) is 9.20. The molecular formula is C16H17NO2. The minimum atomic E-state index is -0.326. The van der Waals surface area contributed by atoms with E-state index in [-0.39, 0.29) is 5.97 Å². The van der Waals surface area contributed by atoms with Crippen molar-refractivity contribution in [2.75, 3.05) is 11.9 Å². The predicted octanol–water partition coefficient (Wildman–Crippen LogP) is 3.72. The lowest BCUT2D eigenvalue weighted by atomic mass is 10.1. The van der Waals surface area contributed by atoms with Crippen LogP contribution in [0.2, 0.25) is 0 Å². The summed E-state index contributed by atoms with van der Waals surface area (Å²) in [6.45, 7) is 4.02. The van der Waals surface area contributed by atoms with E-state index in [1.54, 1.807) is 6.92 Å². The van der Waals surface area contributed by atoms with Gasteiger partial charge in [0.25, 0.3) is 0 Å². The second kappa shape index (κ2) is 6.05. The van der Waals surface area contributed by atoms with Gasteiger partial charge in [0.15, 0.2) is 0 Å². The lowest BCUT2D eigenvalue weighted by molar-refractivity contribution is -0.137. The van der Waals surface area contributed by atoms with Crippen molar-refractivity contribution in [2.24, 2.45) is 0 Å². The predicted molar refractivity (Wildman–Crippen MR) is 78.0 cm³/mol. The van der Waals surface area contributed by atoms with Gasteiger partial charge in [-0.3, -0.25) is 0 Å². The van der Waals surface area contributed by atoms with Crippen LogP contribution >= 0.6 is 0 Å². The third-order valence-electron chi connectivity index (χ3n) is 2.74.